The molecule has 3 nitrogen and oxygen atoms in total. The average Bonchev–Trinajstić information content (AvgIpc) is 3.12. The highest BCUT2D eigenvalue weighted by Crippen LogP contribution is 2.36. The van der Waals surface area contributed by atoms with Crippen LogP contribution in [0.3, 0.4) is 0 Å². The zero-order chi connectivity index (χ0) is 12.4. The van der Waals surface area contributed by atoms with Gasteiger partial charge in [-0.2, -0.15) is 0 Å². The van der Waals surface area contributed by atoms with E-state index in [1.165, 1.54) is 13.2 Å². The van der Waals surface area contributed by atoms with Crippen LogP contribution in [0, 0.1) is 11.7 Å². The molecule has 0 heterocycles. The second-order valence-corrected chi connectivity index (χ2v) is 4.93. The number of esters is 1. The fourth-order valence-electron chi connectivity index (χ4n) is 1.72. The van der Waals surface area contributed by atoms with Crippen LogP contribution in [0.1, 0.15) is 12.8 Å². The van der Waals surface area contributed by atoms with E-state index in [0.29, 0.717) is 10.2 Å². The van der Waals surface area contributed by atoms with E-state index in [9.17, 15) is 9.18 Å². The zero-order valence-electron chi connectivity index (χ0n) is 9.37. The van der Waals surface area contributed by atoms with Crippen molar-refractivity contribution in [3.8, 4) is 0 Å². The van der Waals surface area contributed by atoms with Gasteiger partial charge >= 0.3 is 5.97 Å². The summed E-state index contributed by atoms with van der Waals surface area (Å²) >= 11 is 3.26. The summed E-state index contributed by atoms with van der Waals surface area (Å²) in [7, 11) is 1.34. The molecule has 1 atom stereocenters. The summed E-state index contributed by atoms with van der Waals surface area (Å²) in [5, 5.41) is 2.93. The number of halogens is 2. The first-order valence-corrected chi connectivity index (χ1v) is 6.21. The molecule has 17 heavy (non-hydrogen) atoms. The Bertz CT molecular complexity index is 414. The number of para-hydroxylation sites is 1. The minimum Gasteiger partial charge on any atom is -0.467 e. The van der Waals surface area contributed by atoms with Gasteiger partial charge in [-0.15, -0.1) is 0 Å². The molecule has 2 rings (SSSR count). The number of anilines is 1. The van der Waals surface area contributed by atoms with E-state index < -0.39 is 6.04 Å². The van der Waals surface area contributed by atoms with Gasteiger partial charge in [0.15, 0.2) is 0 Å². The standard InChI is InChI=1S/C12H13BrFNO2/c1-17-12(16)10(7-5-6-7)15-11-8(13)3-2-4-9(11)14/h2-4,7,10,15H,5-6H2,1H3. The third-order valence-corrected chi connectivity index (χ3v) is 3.47. The molecule has 1 aromatic rings. The van der Waals surface area contributed by atoms with Crippen LogP contribution in [0.4, 0.5) is 10.1 Å². The van der Waals surface area contributed by atoms with E-state index in [4.69, 9.17) is 4.74 Å². The van der Waals surface area contributed by atoms with Crippen molar-refractivity contribution in [2.24, 2.45) is 5.92 Å². The van der Waals surface area contributed by atoms with Gasteiger partial charge in [0.05, 0.1) is 12.8 Å². The number of methoxy groups -OCH3 is 1. The van der Waals surface area contributed by atoms with Crippen molar-refractivity contribution < 1.29 is 13.9 Å². The minimum atomic E-state index is -0.465. The van der Waals surface area contributed by atoms with Gasteiger partial charge in [0.25, 0.3) is 0 Å². The number of hydrogen-bond donors (Lipinski definition) is 1. The van der Waals surface area contributed by atoms with E-state index >= 15 is 0 Å². The lowest BCUT2D eigenvalue weighted by atomic mass is 10.1. The van der Waals surface area contributed by atoms with Crippen LogP contribution >= 0.6 is 15.9 Å². The van der Waals surface area contributed by atoms with Crippen LogP contribution in [0.15, 0.2) is 22.7 Å². The molecular formula is C12H13BrFNO2. The van der Waals surface area contributed by atoms with Crippen LogP contribution in [0.5, 0.6) is 0 Å². The highest BCUT2D eigenvalue weighted by Gasteiger charge is 2.37. The lowest BCUT2D eigenvalue weighted by molar-refractivity contribution is -0.142. The quantitative estimate of drug-likeness (QED) is 0.869. The Morgan fingerprint density at radius 2 is 2.29 bits per heavy atom. The number of carbonyl (C=O) groups is 1. The second-order valence-electron chi connectivity index (χ2n) is 4.08. The maximum Gasteiger partial charge on any atom is 0.328 e. The van der Waals surface area contributed by atoms with Gasteiger partial charge in [-0.05, 0) is 46.8 Å². The first kappa shape index (κ1) is 12.4. The fraction of sp³-hybridized carbons (Fsp3) is 0.417. The van der Waals surface area contributed by atoms with Gasteiger partial charge < -0.3 is 10.1 Å². The molecule has 5 heteroatoms. The van der Waals surface area contributed by atoms with Crippen molar-refractivity contribution in [2.75, 3.05) is 12.4 Å². The molecule has 0 saturated heterocycles. The zero-order valence-corrected chi connectivity index (χ0v) is 11.0. The Morgan fingerprint density at radius 1 is 1.59 bits per heavy atom. The number of nitrogens with one attached hydrogen (secondary N) is 1. The second kappa shape index (κ2) is 5.04. The number of ether oxygens (including phenoxy) is 1. The van der Waals surface area contributed by atoms with Gasteiger partial charge in [-0.3, -0.25) is 0 Å². The minimum absolute atomic E-state index is 0.244. The molecule has 1 unspecified atom stereocenters. The van der Waals surface area contributed by atoms with Gasteiger partial charge in [-0.25, -0.2) is 9.18 Å². The summed E-state index contributed by atoms with van der Waals surface area (Å²) < 4.78 is 18.9. The lowest BCUT2D eigenvalue weighted by Crippen LogP contribution is -2.33. The summed E-state index contributed by atoms with van der Waals surface area (Å²) in [6.07, 6.45) is 1.94. The fourth-order valence-corrected chi connectivity index (χ4v) is 2.17. The Hall–Kier alpha value is -1.10. The molecule has 0 aliphatic heterocycles. The number of benzene rings is 1. The van der Waals surface area contributed by atoms with E-state index in [-0.39, 0.29) is 17.7 Å². The number of rotatable bonds is 4. The summed E-state index contributed by atoms with van der Waals surface area (Å²) in [5.74, 6) is -0.481. The Kier molecular flexibility index (Phi) is 3.66. The Balaban J connectivity index is 2.20. The largest absolute Gasteiger partial charge is 0.467 e. The highest BCUT2D eigenvalue weighted by atomic mass is 79.9. The van der Waals surface area contributed by atoms with Crippen molar-refractivity contribution in [3.05, 3.63) is 28.5 Å². The average molecular weight is 302 g/mol. The molecular weight excluding hydrogens is 289 g/mol. The SMILES string of the molecule is COC(=O)C(Nc1c(F)cccc1Br)C1CC1. The van der Waals surface area contributed by atoms with Crippen molar-refractivity contribution in [1.82, 2.24) is 0 Å². The number of carbonyl (C=O) groups excluding carboxylic acids is 1. The first-order valence-electron chi connectivity index (χ1n) is 5.42. The molecule has 92 valence electrons. The van der Waals surface area contributed by atoms with Gasteiger partial charge in [0.2, 0.25) is 0 Å². The van der Waals surface area contributed by atoms with Crippen molar-refractivity contribution in [2.45, 2.75) is 18.9 Å². The van der Waals surface area contributed by atoms with Crippen molar-refractivity contribution in [3.63, 3.8) is 0 Å². The summed E-state index contributed by atoms with van der Waals surface area (Å²) in [6, 6.07) is 4.23. The molecule has 0 radical (unpaired) electrons. The molecule has 0 bridgehead atoms. The smallest absolute Gasteiger partial charge is 0.328 e. The molecule has 1 saturated carbocycles. The van der Waals surface area contributed by atoms with Gasteiger partial charge in [0.1, 0.15) is 11.9 Å². The van der Waals surface area contributed by atoms with E-state index in [2.05, 4.69) is 21.2 Å². The normalized spacial score (nSPS) is 16.4. The van der Waals surface area contributed by atoms with Crippen LogP contribution < -0.4 is 5.32 Å². The first-order chi connectivity index (χ1) is 8.13. The van der Waals surface area contributed by atoms with E-state index in [0.717, 1.165) is 12.8 Å². The summed E-state index contributed by atoms with van der Waals surface area (Å²) in [6.45, 7) is 0. The van der Waals surface area contributed by atoms with Gasteiger partial charge in [-0.1, -0.05) is 6.07 Å². The monoisotopic (exact) mass is 301 g/mol. The van der Waals surface area contributed by atoms with Crippen LogP contribution in [0.25, 0.3) is 0 Å². The maximum absolute atomic E-state index is 13.6. The topological polar surface area (TPSA) is 38.3 Å². The predicted octanol–water partition coefficient (Wildman–Crippen LogP) is 2.95. The predicted molar refractivity (Wildman–Crippen MR) is 66.3 cm³/mol. The van der Waals surface area contributed by atoms with Crippen LogP contribution in [-0.2, 0) is 9.53 Å². The molecule has 0 aromatic heterocycles. The van der Waals surface area contributed by atoms with Crippen LogP contribution in [-0.4, -0.2) is 19.1 Å². The molecule has 1 aromatic carbocycles. The molecule has 1 fully saturated rings. The van der Waals surface area contributed by atoms with Crippen LogP contribution in [0.2, 0.25) is 0 Å². The molecule has 0 spiro atoms. The molecule has 1 aliphatic carbocycles. The Morgan fingerprint density at radius 3 is 2.82 bits per heavy atom. The highest BCUT2D eigenvalue weighted by molar-refractivity contribution is 9.10. The summed E-state index contributed by atoms with van der Waals surface area (Å²) in [5.41, 5.74) is 0.315. The molecule has 1 N–H and O–H groups in total. The third-order valence-electron chi connectivity index (χ3n) is 2.81. The van der Waals surface area contributed by atoms with E-state index in [1.54, 1.807) is 12.1 Å². The van der Waals surface area contributed by atoms with Gasteiger partial charge in [0, 0.05) is 4.47 Å². The van der Waals surface area contributed by atoms with Crippen molar-refractivity contribution in [1.29, 1.82) is 0 Å². The lowest BCUT2D eigenvalue weighted by Gasteiger charge is -2.18. The number of hydrogen-bond acceptors (Lipinski definition) is 3. The Labute approximate surface area is 107 Å². The molecule has 1 aliphatic rings. The maximum atomic E-state index is 13.6. The third kappa shape index (κ3) is 2.77. The van der Waals surface area contributed by atoms with E-state index in [1.807, 2.05) is 0 Å². The molecule has 0 amide bonds. The van der Waals surface area contributed by atoms with Crippen molar-refractivity contribution >= 4 is 27.6 Å². The summed E-state index contributed by atoms with van der Waals surface area (Å²) in [4.78, 5) is 11.6.